The Labute approximate surface area is 141 Å². The molecule has 7 nitrogen and oxygen atoms in total. The molecule has 0 saturated carbocycles. The highest BCUT2D eigenvalue weighted by molar-refractivity contribution is 6.02. The van der Waals surface area contributed by atoms with Gasteiger partial charge in [-0.15, -0.1) is 0 Å². The van der Waals surface area contributed by atoms with Crippen LogP contribution in [0.1, 0.15) is 44.5 Å². The number of nitrogens with one attached hydrogen (secondary N) is 2. The topological polar surface area (TPSA) is 96.9 Å². The second kappa shape index (κ2) is 9.44. The largest absolute Gasteiger partial charge is 0.465 e. The highest BCUT2D eigenvalue weighted by atomic mass is 16.5. The van der Waals surface area contributed by atoms with Gasteiger partial charge in [0.05, 0.1) is 12.5 Å². The minimum Gasteiger partial charge on any atom is -0.465 e. The van der Waals surface area contributed by atoms with E-state index in [9.17, 15) is 14.4 Å². The van der Waals surface area contributed by atoms with Crippen LogP contribution in [0.3, 0.4) is 0 Å². The fourth-order valence-electron chi connectivity index (χ4n) is 2.07. The lowest BCUT2D eigenvalue weighted by Gasteiger charge is -2.13. The number of hydrogen-bond acceptors (Lipinski definition) is 5. The normalized spacial score (nSPS) is 12.2. The third kappa shape index (κ3) is 5.83. The smallest absolute Gasteiger partial charge is 0.314 e. The van der Waals surface area contributed by atoms with E-state index in [1.54, 1.807) is 38.1 Å². The van der Waals surface area contributed by atoms with E-state index >= 15 is 0 Å². The summed E-state index contributed by atoms with van der Waals surface area (Å²) in [6, 6.07) is 6.41. The molecule has 0 spiro atoms. The standard InChI is InChI=1S/C17H23N3O4/c1-5-15(17(23)24-6-2)11(3)19-20-16(22)13-7-9-14(10-8-13)18-12(4)21/h7-10,15H,5-6H2,1-4H3,(H,18,21)(H,20,22)/b19-11+/t15-/m0/s1. The molecule has 0 aliphatic rings. The zero-order chi connectivity index (χ0) is 18.1. The van der Waals surface area contributed by atoms with Gasteiger partial charge in [0.2, 0.25) is 5.91 Å². The number of benzene rings is 1. The quantitative estimate of drug-likeness (QED) is 0.455. The maximum absolute atomic E-state index is 12.1. The number of carbonyl (C=O) groups excluding carboxylic acids is 3. The number of amides is 2. The van der Waals surface area contributed by atoms with E-state index < -0.39 is 11.8 Å². The molecule has 0 radical (unpaired) electrons. The monoisotopic (exact) mass is 333 g/mol. The highest BCUT2D eigenvalue weighted by Gasteiger charge is 2.21. The van der Waals surface area contributed by atoms with Crippen molar-refractivity contribution >= 4 is 29.2 Å². The van der Waals surface area contributed by atoms with Crippen molar-refractivity contribution in [3.63, 3.8) is 0 Å². The van der Waals surface area contributed by atoms with Gasteiger partial charge in [-0.1, -0.05) is 6.92 Å². The van der Waals surface area contributed by atoms with Crippen LogP contribution in [0.4, 0.5) is 5.69 Å². The number of hydrazone groups is 1. The Morgan fingerprint density at radius 1 is 1.12 bits per heavy atom. The molecule has 2 N–H and O–H groups in total. The molecule has 0 bridgehead atoms. The molecule has 0 heterocycles. The molecule has 1 atom stereocenters. The zero-order valence-corrected chi connectivity index (χ0v) is 14.4. The predicted molar refractivity (Wildman–Crippen MR) is 91.7 cm³/mol. The molecule has 130 valence electrons. The second-order valence-electron chi connectivity index (χ2n) is 5.17. The Kier molecular flexibility index (Phi) is 7.61. The summed E-state index contributed by atoms with van der Waals surface area (Å²) < 4.78 is 4.99. The summed E-state index contributed by atoms with van der Waals surface area (Å²) in [5.41, 5.74) is 3.91. The first-order valence-electron chi connectivity index (χ1n) is 7.77. The molecule has 24 heavy (non-hydrogen) atoms. The number of carbonyl (C=O) groups is 3. The molecule has 1 aromatic rings. The van der Waals surface area contributed by atoms with Crippen LogP contribution in [0, 0.1) is 5.92 Å². The molecular formula is C17H23N3O4. The van der Waals surface area contributed by atoms with Gasteiger partial charge in [-0.25, -0.2) is 5.43 Å². The summed E-state index contributed by atoms with van der Waals surface area (Å²) in [7, 11) is 0. The maximum Gasteiger partial charge on any atom is 0.314 e. The van der Waals surface area contributed by atoms with Gasteiger partial charge in [0.25, 0.3) is 5.91 Å². The fourth-order valence-corrected chi connectivity index (χ4v) is 2.07. The van der Waals surface area contributed by atoms with Crippen molar-refractivity contribution in [3.8, 4) is 0 Å². The molecule has 0 unspecified atom stereocenters. The van der Waals surface area contributed by atoms with Crippen molar-refractivity contribution in [2.24, 2.45) is 11.0 Å². The van der Waals surface area contributed by atoms with E-state index in [1.165, 1.54) is 6.92 Å². The number of esters is 1. The number of ether oxygens (including phenoxy) is 1. The summed E-state index contributed by atoms with van der Waals surface area (Å²) in [6.07, 6.45) is 0.537. The van der Waals surface area contributed by atoms with Crippen molar-refractivity contribution in [2.45, 2.75) is 34.1 Å². The average molecular weight is 333 g/mol. The lowest BCUT2D eigenvalue weighted by molar-refractivity contribution is -0.145. The SMILES string of the molecule is CCOC(=O)[C@@H](CC)/C(C)=N/NC(=O)c1ccc(NC(C)=O)cc1. The number of nitrogens with zero attached hydrogens (tertiary/aromatic N) is 1. The molecule has 0 aromatic heterocycles. The molecule has 1 aromatic carbocycles. The van der Waals surface area contributed by atoms with Crippen LogP contribution in [0.2, 0.25) is 0 Å². The molecule has 0 fully saturated rings. The molecule has 7 heteroatoms. The molecular weight excluding hydrogens is 310 g/mol. The van der Waals surface area contributed by atoms with Gasteiger partial charge in [-0.05, 0) is 44.5 Å². The summed E-state index contributed by atoms with van der Waals surface area (Å²) in [5.74, 6) is -1.41. The summed E-state index contributed by atoms with van der Waals surface area (Å²) in [6.45, 7) is 6.97. The fraction of sp³-hybridized carbons (Fsp3) is 0.412. The number of anilines is 1. The van der Waals surface area contributed by atoms with Crippen molar-refractivity contribution in [2.75, 3.05) is 11.9 Å². The van der Waals surface area contributed by atoms with Crippen molar-refractivity contribution in [3.05, 3.63) is 29.8 Å². The Morgan fingerprint density at radius 3 is 2.25 bits per heavy atom. The zero-order valence-electron chi connectivity index (χ0n) is 14.4. The van der Waals surface area contributed by atoms with Gasteiger partial charge in [0.15, 0.2) is 0 Å². The van der Waals surface area contributed by atoms with E-state index in [4.69, 9.17) is 4.74 Å². The first kappa shape index (κ1) is 19.3. The van der Waals surface area contributed by atoms with Crippen LogP contribution >= 0.6 is 0 Å². The maximum atomic E-state index is 12.1. The Balaban J connectivity index is 2.72. The predicted octanol–water partition coefficient (Wildman–Crippen LogP) is 2.34. The summed E-state index contributed by atoms with van der Waals surface area (Å²) >= 11 is 0. The summed E-state index contributed by atoms with van der Waals surface area (Å²) in [5, 5.41) is 6.61. The van der Waals surface area contributed by atoms with E-state index in [2.05, 4.69) is 15.8 Å². The minimum atomic E-state index is -0.479. The molecule has 0 aliphatic heterocycles. The number of hydrogen-bond donors (Lipinski definition) is 2. The van der Waals surface area contributed by atoms with Gasteiger partial charge < -0.3 is 10.1 Å². The van der Waals surface area contributed by atoms with E-state index in [1.807, 2.05) is 6.92 Å². The first-order valence-corrected chi connectivity index (χ1v) is 7.77. The average Bonchev–Trinajstić information content (AvgIpc) is 2.53. The van der Waals surface area contributed by atoms with Gasteiger partial charge in [-0.3, -0.25) is 14.4 Å². The second-order valence-corrected chi connectivity index (χ2v) is 5.17. The van der Waals surface area contributed by atoms with Crippen LogP contribution in [0.15, 0.2) is 29.4 Å². The van der Waals surface area contributed by atoms with Crippen LogP contribution < -0.4 is 10.7 Å². The Morgan fingerprint density at radius 2 is 1.75 bits per heavy atom. The molecule has 1 rings (SSSR count). The van der Waals surface area contributed by atoms with E-state index in [-0.39, 0.29) is 11.9 Å². The first-order chi connectivity index (χ1) is 11.4. The number of rotatable bonds is 7. The third-order valence-electron chi connectivity index (χ3n) is 3.28. The Bertz CT molecular complexity index is 623. The van der Waals surface area contributed by atoms with Crippen LogP contribution in [0.25, 0.3) is 0 Å². The van der Waals surface area contributed by atoms with Crippen LogP contribution in [0.5, 0.6) is 0 Å². The van der Waals surface area contributed by atoms with Gasteiger partial charge in [0, 0.05) is 23.9 Å². The highest BCUT2D eigenvalue weighted by Crippen LogP contribution is 2.10. The van der Waals surface area contributed by atoms with E-state index in [0.717, 1.165) is 0 Å². The van der Waals surface area contributed by atoms with E-state index in [0.29, 0.717) is 30.0 Å². The van der Waals surface area contributed by atoms with Crippen LogP contribution in [-0.4, -0.2) is 30.1 Å². The van der Waals surface area contributed by atoms with Crippen LogP contribution in [-0.2, 0) is 14.3 Å². The lowest BCUT2D eigenvalue weighted by atomic mass is 10.0. The van der Waals surface area contributed by atoms with Gasteiger partial charge >= 0.3 is 5.97 Å². The lowest BCUT2D eigenvalue weighted by Crippen LogP contribution is -2.27. The van der Waals surface area contributed by atoms with Gasteiger partial charge in [0.1, 0.15) is 0 Å². The molecule has 0 saturated heterocycles. The molecule has 0 aliphatic carbocycles. The minimum absolute atomic E-state index is 0.183. The Hall–Kier alpha value is -2.70. The molecule has 2 amide bonds. The third-order valence-corrected chi connectivity index (χ3v) is 3.28. The van der Waals surface area contributed by atoms with Crippen molar-refractivity contribution in [1.29, 1.82) is 0 Å². The van der Waals surface area contributed by atoms with Crippen molar-refractivity contribution in [1.82, 2.24) is 5.43 Å². The summed E-state index contributed by atoms with van der Waals surface area (Å²) in [4.78, 5) is 34.8. The van der Waals surface area contributed by atoms with Crippen molar-refractivity contribution < 1.29 is 19.1 Å². The van der Waals surface area contributed by atoms with Gasteiger partial charge in [-0.2, -0.15) is 5.10 Å².